The Bertz CT molecular complexity index is 379. The summed E-state index contributed by atoms with van der Waals surface area (Å²) in [7, 11) is 0. The molecule has 1 rings (SSSR count). The summed E-state index contributed by atoms with van der Waals surface area (Å²) < 4.78 is 0. The first kappa shape index (κ1) is 13.5. The van der Waals surface area contributed by atoms with Crippen LogP contribution in [0.1, 0.15) is 13.3 Å². The van der Waals surface area contributed by atoms with Gasteiger partial charge in [0.15, 0.2) is 0 Å². The second-order valence-electron chi connectivity index (χ2n) is 3.57. The van der Waals surface area contributed by atoms with Crippen LogP contribution in [0, 0.1) is 0 Å². The molecule has 0 radical (unpaired) electrons. The van der Waals surface area contributed by atoms with E-state index < -0.39 is 5.38 Å². The van der Waals surface area contributed by atoms with Crippen molar-refractivity contribution in [3.8, 4) is 0 Å². The van der Waals surface area contributed by atoms with Gasteiger partial charge in [0.1, 0.15) is 5.38 Å². The van der Waals surface area contributed by atoms with E-state index in [2.05, 4.69) is 10.6 Å². The molecule has 1 aromatic carbocycles. The largest absolute Gasteiger partial charge is 0.354 e. The molecule has 2 amide bonds. The Kier molecular flexibility index (Phi) is 5.49. The molecule has 92 valence electrons. The highest BCUT2D eigenvalue weighted by Crippen LogP contribution is 2.04. The first-order chi connectivity index (χ1) is 8.09. The molecule has 0 aromatic heterocycles. The molecule has 0 heterocycles. The van der Waals surface area contributed by atoms with Crippen LogP contribution >= 0.6 is 11.6 Å². The predicted molar refractivity (Wildman–Crippen MR) is 68.0 cm³/mol. The molecule has 0 bridgehead atoms. The first-order valence-electron chi connectivity index (χ1n) is 5.36. The average molecular weight is 255 g/mol. The van der Waals surface area contributed by atoms with E-state index in [-0.39, 0.29) is 24.8 Å². The molecular formula is C12H15ClN2O2. The van der Waals surface area contributed by atoms with Gasteiger partial charge < -0.3 is 10.6 Å². The Morgan fingerprint density at radius 1 is 1.29 bits per heavy atom. The van der Waals surface area contributed by atoms with Gasteiger partial charge in [0.05, 0.1) is 0 Å². The molecule has 0 unspecified atom stereocenters. The van der Waals surface area contributed by atoms with Crippen molar-refractivity contribution in [2.24, 2.45) is 0 Å². The number of nitrogens with one attached hydrogen (secondary N) is 2. The number of benzene rings is 1. The molecule has 0 spiro atoms. The van der Waals surface area contributed by atoms with Crippen molar-refractivity contribution >= 4 is 29.1 Å². The van der Waals surface area contributed by atoms with E-state index in [0.717, 1.165) is 5.69 Å². The third-order valence-corrected chi connectivity index (χ3v) is 2.27. The van der Waals surface area contributed by atoms with E-state index in [9.17, 15) is 9.59 Å². The van der Waals surface area contributed by atoms with Gasteiger partial charge in [-0.05, 0) is 19.1 Å². The molecule has 17 heavy (non-hydrogen) atoms. The number of anilines is 1. The summed E-state index contributed by atoms with van der Waals surface area (Å²) in [5, 5.41) is 4.71. The van der Waals surface area contributed by atoms with Crippen LogP contribution in [-0.4, -0.2) is 23.7 Å². The molecule has 0 aliphatic rings. The third-order valence-electron chi connectivity index (χ3n) is 2.07. The number of carbonyl (C=O) groups is 2. The highest BCUT2D eigenvalue weighted by atomic mass is 35.5. The Balaban J connectivity index is 2.25. The topological polar surface area (TPSA) is 58.2 Å². The van der Waals surface area contributed by atoms with Gasteiger partial charge in [0.25, 0.3) is 0 Å². The van der Waals surface area contributed by atoms with Crippen LogP contribution in [0.25, 0.3) is 0 Å². The minimum absolute atomic E-state index is 0.140. The fraction of sp³-hybridized carbons (Fsp3) is 0.333. The fourth-order valence-corrected chi connectivity index (χ4v) is 1.26. The van der Waals surface area contributed by atoms with Crippen molar-refractivity contribution in [2.75, 3.05) is 11.9 Å². The summed E-state index contributed by atoms with van der Waals surface area (Å²) in [6, 6.07) is 9.16. The van der Waals surface area contributed by atoms with Gasteiger partial charge in [0.2, 0.25) is 11.8 Å². The fourth-order valence-electron chi connectivity index (χ4n) is 1.18. The molecular weight excluding hydrogens is 240 g/mol. The van der Waals surface area contributed by atoms with E-state index >= 15 is 0 Å². The number of para-hydroxylation sites is 1. The van der Waals surface area contributed by atoms with Crippen molar-refractivity contribution in [3.05, 3.63) is 30.3 Å². The Morgan fingerprint density at radius 3 is 2.53 bits per heavy atom. The maximum absolute atomic E-state index is 11.5. The van der Waals surface area contributed by atoms with Crippen LogP contribution in [0.2, 0.25) is 0 Å². The Hall–Kier alpha value is -1.55. The number of alkyl halides is 1. The smallest absolute Gasteiger partial charge is 0.237 e. The average Bonchev–Trinajstić information content (AvgIpc) is 2.30. The van der Waals surface area contributed by atoms with Gasteiger partial charge in [0, 0.05) is 18.7 Å². The molecule has 1 atom stereocenters. The number of hydrogen-bond donors (Lipinski definition) is 2. The molecule has 2 N–H and O–H groups in total. The standard InChI is InChI=1S/C12H15ClN2O2/c1-9(13)12(17)14-8-7-11(16)15-10-5-3-2-4-6-10/h2-6,9H,7-8H2,1H3,(H,14,17)(H,15,16)/t9-/m0/s1. The maximum Gasteiger partial charge on any atom is 0.237 e. The van der Waals surface area contributed by atoms with E-state index in [1.807, 2.05) is 18.2 Å². The van der Waals surface area contributed by atoms with Crippen molar-refractivity contribution in [3.63, 3.8) is 0 Å². The van der Waals surface area contributed by atoms with Crippen molar-refractivity contribution < 1.29 is 9.59 Å². The van der Waals surface area contributed by atoms with Crippen LogP contribution in [0.15, 0.2) is 30.3 Å². The number of amides is 2. The van der Waals surface area contributed by atoms with Gasteiger partial charge in [-0.3, -0.25) is 9.59 Å². The molecule has 0 aliphatic heterocycles. The maximum atomic E-state index is 11.5. The molecule has 5 heteroatoms. The lowest BCUT2D eigenvalue weighted by Gasteiger charge is -2.07. The summed E-state index contributed by atoms with van der Waals surface area (Å²) in [5.41, 5.74) is 0.745. The molecule has 0 aliphatic carbocycles. The molecule has 0 fully saturated rings. The van der Waals surface area contributed by atoms with Gasteiger partial charge in [-0.25, -0.2) is 0 Å². The van der Waals surface area contributed by atoms with Crippen molar-refractivity contribution in [1.82, 2.24) is 5.32 Å². The third kappa shape index (κ3) is 5.36. The molecule has 0 saturated carbocycles. The SMILES string of the molecule is C[C@H](Cl)C(=O)NCCC(=O)Nc1ccccc1. The minimum Gasteiger partial charge on any atom is -0.354 e. The van der Waals surface area contributed by atoms with Crippen LogP contribution < -0.4 is 10.6 Å². The van der Waals surface area contributed by atoms with Gasteiger partial charge in [-0.15, -0.1) is 11.6 Å². The number of carbonyl (C=O) groups excluding carboxylic acids is 2. The van der Waals surface area contributed by atoms with E-state index in [4.69, 9.17) is 11.6 Å². The molecule has 1 aromatic rings. The van der Waals surface area contributed by atoms with Crippen molar-refractivity contribution in [1.29, 1.82) is 0 Å². The van der Waals surface area contributed by atoms with Gasteiger partial charge in [-0.1, -0.05) is 18.2 Å². The highest BCUT2D eigenvalue weighted by molar-refractivity contribution is 6.30. The van der Waals surface area contributed by atoms with Gasteiger partial charge in [-0.2, -0.15) is 0 Å². The van der Waals surface area contributed by atoms with Crippen LogP contribution in [0.3, 0.4) is 0 Å². The summed E-state index contributed by atoms with van der Waals surface area (Å²) in [5.74, 6) is -0.405. The highest BCUT2D eigenvalue weighted by Gasteiger charge is 2.08. The van der Waals surface area contributed by atoms with E-state index in [1.54, 1.807) is 19.1 Å². The van der Waals surface area contributed by atoms with Crippen LogP contribution in [-0.2, 0) is 9.59 Å². The normalized spacial score (nSPS) is 11.6. The molecule has 0 saturated heterocycles. The zero-order chi connectivity index (χ0) is 12.7. The Labute approximate surface area is 105 Å². The quantitative estimate of drug-likeness (QED) is 0.787. The lowest BCUT2D eigenvalue weighted by molar-refractivity contribution is -0.120. The zero-order valence-corrected chi connectivity index (χ0v) is 10.3. The number of hydrogen-bond acceptors (Lipinski definition) is 2. The van der Waals surface area contributed by atoms with Crippen LogP contribution in [0.4, 0.5) is 5.69 Å². The summed E-state index contributed by atoms with van der Waals surface area (Å²) in [4.78, 5) is 22.6. The summed E-state index contributed by atoms with van der Waals surface area (Å²) in [6.45, 7) is 1.87. The lowest BCUT2D eigenvalue weighted by atomic mass is 10.3. The zero-order valence-electron chi connectivity index (χ0n) is 9.57. The number of halogens is 1. The summed E-state index contributed by atoms with van der Waals surface area (Å²) in [6.07, 6.45) is 0.226. The predicted octanol–water partition coefficient (Wildman–Crippen LogP) is 1.76. The second kappa shape index (κ2) is 6.91. The van der Waals surface area contributed by atoms with Crippen LogP contribution in [0.5, 0.6) is 0 Å². The minimum atomic E-state index is -0.577. The summed E-state index contributed by atoms with van der Waals surface area (Å²) >= 11 is 5.56. The lowest BCUT2D eigenvalue weighted by Crippen LogP contribution is -2.32. The van der Waals surface area contributed by atoms with Crippen molar-refractivity contribution in [2.45, 2.75) is 18.7 Å². The van der Waals surface area contributed by atoms with E-state index in [1.165, 1.54) is 0 Å². The first-order valence-corrected chi connectivity index (χ1v) is 5.80. The second-order valence-corrected chi connectivity index (χ2v) is 4.23. The monoisotopic (exact) mass is 254 g/mol. The van der Waals surface area contributed by atoms with E-state index in [0.29, 0.717) is 0 Å². The Morgan fingerprint density at radius 2 is 1.94 bits per heavy atom. The van der Waals surface area contributed by atoms with Gasteiger partial charge >= 0.3 is 0 Å². The molecule has 4 nitrogen and oxygen atoms in total. The number of rotatable bonds is 5.